The molecule has 0 spiro atoms. The summed E-state index contributed by atoms with van der Waals surface area (Å²) in [6.45, 7) is 3.35. The van der Waals surface area contributed by atoms with E-state index in [1.54, 1.807) is 22.8 Å². The summed E-state index contributed by atoms with van der Waals surface area (Å²) in [6, 6.07) is 10.3. The number of amides is 1. The van der Waals surface area contributed by atoms with Gasteiger partial charge in [0.1, 0.15) is 10.5 Å². The van der Waals surface area contributed by atoms with Crippen LogP contribution in [0.15, 0.2) is 47.3 Å². The predicted molar refractivity (Wildman–Crippen MR) is 148 cm³/mol. The van der Waals surface area contributed by atoms with E-state index in [9.17, 15) is 27.6 Å². The number of ether oxygens (including phenoxy) is 1. The van der Waals surface area contributed by atoms with Gasteiger partial charge >= 0.3 is 6.18 Å². The summed E-state index contributed by atoms with van der Waals surface area (Å²) in [6.07, 6.45) is -3.96. The average molecular weight is 586 g/mol. The Hall–Kier alpha value is -4.10. The summed E-state index contributed by atoms with van der Waals surface area (Å²) in [5.74, 6) is -0.325. The molecule has 0 saturated carbocycles. The minimum atomic E-state index is -4.54. The highest BCUT2D eigenvalue weighted by Crippen LogP contribution is 2.34. The van der Waals surface area contributed by atoms with Crippen LogP contribution in [-0.4, -0.2) is 65.0 Å². The molecule has 1 aliphatic rings. The number of fused-ring (bicyclic) bond motifs is 1. The van der Waals surface area contributed by atoms with Gasteiger partial charge in [-0.05, 0) is 30.2 Å². The Morgan fingerprint density at radius 2 is 1.85 bits per heavy atom. The number of hydrogen-bond acceptors (Lipinski definition) is 8. The molecule has 2 aromatic carbocycles. The number of benzene rings is 2. The molecule has 1 saturated heterocycles. The van der Waals surface area contributed by atoms with Gasteiger partial charge in [0.2, 0.25) is 0 Å². The molecule has 2 aromatic heterocycles. The lowest BCUT2D eigenvalue weighted by molar-refractivity contribution is -0.138. The minimum Gasteiger partial charge on any atom is -0.378 e. The number of morpholine rings is 1. The number of alkyl halides is 3. The Bertz CT molecular complexity index is 1680. The molecule has 9 nitrogen and oxygen atoms in total. The fourth-order valence-electron chi connectivity index (χ4n) is 4.77. The van der Waals surface area contributed by atoms with Crippen LogP contribution in [0.3, 0.4) is 0 Å². The van der Waals surface area contributed by atoms with Crippen LogP contribution in [-0.2, 0) is 24.0 Å². The topological polar surface area (TPSA) is 97.6 Å². The third-order valence-corrected chi connectivity index (χ3v) is 8.09. The first-order valence-electron chi connectivity index (χ1n) is 12.8. The molecule has 0 bridgehead atoms. The number of aromatic nitrogens is 3. The number of nitrogens with zero attached hydrogens (tertiary/aromatic N) is 5. The van der Waals surface area contributed by atoms with Crippen molar-refractivity contribution in [1.82, 2.24) is 19.4 Å². The summed E-state index contributed by atoms with van der Waals surface area (Å²) in [5, 5.41) is 0.582. The summed E-state index contributed by atoms with van der Waals surface area (Å²) < 4.78 is 48.3. The number of aldehydes is 1. The Labute approximate surface area is 236 Å². The number of carbonyl (C=O) groups excluding carboxylic acids is 2. The molecule has 13 heteroatoms. The zero-order valence-corrected chi connectivity index (χ0v) is 23.1. The predicted octanol–water partition coefficient (Wildman–Crippen LogP) is 4.15. The molecule has 41 heavy (non-hydrogen) atoms. The molecule has 0 radical (unpaired) electrons. The van der Waals surface area contributed by atoms with Gasteiger partial charge in [-0.2, -0.15) is 18.2 Å². The molecule has 0 unspecified atom stereocenters. The van der Waals surface area contributed by atoms with Crippen molar-refractivity contribution in [2.75, 3.05) is 38.3 Å². The van der Waals surface area contributed by atoms with E-state index in [0.29, 0.717) is 43.3 Å². The van der Waals surface area contributed by atoms with E-state index in [2.05, 4.69) is 4.98 Å². The van der Waals surface area contributed by atoms with Crippen LogP contribution in [0.25, 0.3) is 10.3 Å². The molecule has 214 valence electrons. The lowest BCUT2D eigenvalue weighted by atomic mass is 10.0. The molecule has 1 aliphatic heterocycles. The Morgan fingerprint density at radius 3 is 2.56 bits per heavy atom. The largest absolute Gasteiger partial charge is 0.416 e. The first-order valence-corrected chi connectivity index (χ1v) is 13.6. The van der Waals surface area contributed by atoms with E-state index in [4.69, 9.17) is 9.72 Å². The van der Waals surface area contributed by atoms with E-state index in [-0.39, 0.29) is 46.0 Å². The van der Waals surface area contributed by atoms with E-state index < -0.39 is 23.2 Å². The summed E-state index contributed by atoms with van der Waals surface area (Å²) in [7, 11) is 1.50. The third kappa shape index (κ3) is 5.72. The van der Waals surface area contributed by atoms with E-state index in [0.717, 1.165) is 6.07 Å². The summed E-state index contributed by atoms with van der Waals surface area (Å²) >= 11 is 1.17. The van der Waals surface area contributed by atoms with E-state index in [1.165, 1.54) is 48.4 Å². The van der Waals surface area contributed by atoms with Crippen LogP contribution in [0, 0.1) is 6.92 Å². The fraction of sp³-hybridized carbons (Fsp3) is 0.321. The van der Waals surface area contributed by atoms with Crippen molar-refractivity contribution < 1.29 is 27.5 Å². The molecular formula is C28H26F3N5O4S. The van der Waals surface area contributed by atoms with Crippen LogP contribution in [0.5, 0.6) is 0 Å². The minimum absolute atomic E-state index is 0.0470. The fourth-order valence-corrected chi connectivity index (χ4v) is 5.77. The highest BCUT2D eigenvalue weighted by Gasteiger charge is 2.33. The van der Waals surface area contributed by atoms with Gasteiger partial charge in [-0.15, -0.1) is 0 Å². The van der Waals surface area contributed by atoms with Crippen molar-refractivity contribution in [3.63, 3.8) is 0 Å². The Morgan fingerprint density at radius 1 is 1.12 bits per heavy atom. The maximum atomic E-state index is 13.7. The van der Waals surface area contributed by atoms with Gasteiger partial charge in [0, 0.05) is 25.7 Å². The number of anilines is 1. The van der Waals surface area contributed by atoms with E-state index >= 15 is 0 Å². The number of rotatable bonds is 7. The van der Waals surface area contributed by atoms with Gasteiger partial charge in [-0.25, -0.2) is 4.98 Å². The van der Waals surface area contributed by atoms with Crippen LogP contribution in [0.4, 0.5) is 18.3 Å². The van der Waals surface area contributed by atoms with E-state index in [1.807, 2.05) is 4.90 Å². The number of halogens is 3. The standard InChI is InChI=1S/C28H26F3N5O4S/c1-17-18(7-5-9-21(17)28(29,30)31)14-36-22(15-34(2)26(39)20-8-4-3-6-19(20)16-37)32-25(38)23-24(36)33-27(41-23)35-10-12-40-13-11-35/h3-9,16H,10-15H2,1-2H3. The number of thiazole rings is 1. The maximum Gasteiger partial charge on any atom is 0.416 e. The van der Waals surface area contributed by atoms with Crippen LogP contribution < -0.4 is 10.5 Å². The molecular weight excluding hydrogens is 559 g/mol. The molecule has 3 heterocycles. The van der Waals surface area contributed by atoms with Gasteiger partial charge in [0.05, 0.1) is 37.4 Å². The molecule has 0 atom stereocenters. The van der Waals surface area contributed by atoms with Crippen LogP contribution in [0.2, 0.25) is 0 Å². The van der Waals surface area contributed by atoms with Crippen molar-refractivity contribution in [2.24, 2.45) is 0 Å². The van der Waals surface area contributed by atoms with Gasteiger partial charge in [0.15, 0.2) is 17.1 Å². The summed E-state index contributed by atoms with van der Waals surface area (Å²) in [4.78, 5) is 50.2. The summed E-state index contributed by atoms with van der Waals surface area (Å²) in [5.41, 5.74) is -0.224. The molecule has 1 fully saturated rings. The Kier molecular flexibility index (Phi) is 7.91. The highest BCUT2D eigenvalue weighted by molar-refractivity contribution is 7.22. The highest BCUT2D eigenvalue weighted by atomic mass is 32.1. The monoisotopic (exact) mass is 585 g/mol. The van der Waals surface area contributed by atoms with Gasteiger partial charge in [-0.3, -0.25) is 14.4 Å². The zero-order chi connectivity index (χ0) is 29.3. The molecule has 0 aliphatic carbocycles. The molecule has 4 aromatic rings. The lowest BCUT2D eigenvalue weighted by Gasteiger charge is -2.25. The number of hydrogen-bond donors (Lipinski definition) is 0. The SMILES string of the molecule is Cc1c(Cn2c(CN(C)C(=O)c3ccccc3C=O)nc(=O)c3sc(N4CCOCC4)nc32)cccc1C(F)(F)F. The second-order valence-electron chi connectivity index (χ2n) is 9.62. The van der Waals surface area contributed by atoms with Crippen LogP contribution >= 0.6 is 11.3 Å². The van der Waals surface area contributed by atoms with Crippen molar-refractivity contribution in [1.29, 1.82) is 0 Å². The zero-order valence-electron chi connectivity index (χ0n) is 22.3. The average Bonchev–Trinajstić information content (AvgIpc) is 3.41. The molecule has 5 rings (SSSR count). The Balaban J connectivity index is 1.61. The normalized spacial score (nSPS) is 13.9. The first kappa shape index (κ1) is 28.4. The molecule has 0 N–H and O–H groups in total. The quantitative estimate of drug-likeness (QED) is 0.301. The lowest BCUT2D eigenvalue weighted by Crippen LogP contribution is -2.36. The first-order chi connectivity index (χ1) is 19.6. The van der Waals surface area contributed by atoms with Crippen molar-refractivity contribution in [3.05, 3.63) is 86.5 Å². The van der Waals surface area contributed by atoms with Crippen LogP contribution in [0.1, 0.15) is 43.2 Å². The van der Waals surface area contributed by atoms with Crippen molar-refractivity contribution in [3.8, 4) is 0 Å². The van der Waals surface area contributed by atoms with Crippen molar-refractivity contribution >= 4 is 39.0 Å². The smallest absolute Gasteiger partial charge is 0.378 e. The van der Waals surface area contributed by atoms with Crippen molar-refractivity contribution in [2.45, 2.75) is 26.2 Å². The number of carbonyl (C=O) groups is 2. The van der Waals surface area contributed by atoms with Gasteiger partial charge in [-0.1, -0.05) is 41.7 Å². The second kappa shape index (κ2) is 11.4. The molecule has 1 amide bonds. The maximum absolute atomic E-state index is 13.7. The third-order valence-electron chi connectivity index (χ3n) is 6.99. The van der Waals surface area contributed by atoms with Gasteiger partial charge < -0.3 is 19.1 Å². The second-order valence-corrected chi connectivity index (χ2v) is 10.6. The van der Waals surface area contributed by atoms with Gasteiger partial charge in [0.25, 0.3) is 11.5 Å².